The molecule has 0 saturated carbocycles. The van der Waals surface area contributed by atoms with Crippen LogP contribution in [0.4, 0.5) is 0 Å². The molecule has 3 nitrogen and oxygen atoms in total. The van der Waals surface area contributed by atoms with Crippen molar-refractivity contribution >= 4 is 11.6 Å². The van der Waals surface area contributed by atoms with Crippen molar-refractivity contribution in [3.63, 3.8) is 0 Å². The number of aliphatic hydroxyl groups is 1. The zero-order valence-corrected chi connectivity index (χ0v) is 11.9. The molecule has 1 aromatic heterocycles. The van der Waals surface area contributed by atoms with Gasteiger partial charge in [-0.15, -0.1) is 0 Å². The Balaban J connectivity index is 1.89. The maximum Gasteiger partial charge on any atom is 0.136 e. The number of benzene rings is 1. The molecular formula is C15H18ClNO2. The first-order valence-corrected chi connectivity index (χ1v) is 6.60. The lowest BCUT2D eigenvalue weighted by Gasteiger charge is -2.21. The second kappa shape index (κ2) is 5.78. The molecule has 2 N–H and O–H groups in total. The van der Waals surface area contributed by atoms with E-state index in [9.17, 15) is 5.11 Å². The summed E-state index contributed by atoms with van der Waals surface area (Å²) in [6.45, 7) is 4.69. The number of nitrogens with one attached hydrogen (secondary N) is 1. The van der Waals surface area contributed by atoms with Crippen LogP contribution in [0.1, 0.15) is 24.0 Å². The van der Waals surface area contributed by atoms with Crippen molar-refractivity contribution in [2.45, 2.75) is 26.0 Å². The summed E-state index contributed by atoms with van der Waals surface area (Å²) in [6, 6.07) is 11.3. The van der Waals surface area contributed by atoms with Crippen LogP contribution in [-0.4, -0.2) is 11.7 Å². The van der Waals surface area contributed by atoms with Crippen LogP contribution in [0.5, 0.6) is 0 Å². The van der Waals surface area contributed by atoms with Crippen molar-refractivity contribution < 1.29 is 9.52 Å². The average molecular weight is 280 g/mol. The van der Waals surface area contributed by atoms with Crippen LogP contribution < -0.4 is 5.32 Å². The molecule has 0 bridgehead atoms. The Morgan fingerprint density at radius 2 is 1.89 bits per heavy atom. The number of hydrogen-bond acceptors (Lipinski definition) is 3. The van der Waals surface area contributed by atoms with E-state index < -0.39 is 5.60 Å². The van der Waals surface area contributed by atoms with Gasteiger partial charge in [0.05, 0.1) is 0 Å². The number of aryl methyl sites for hydroxylation is 1. The Morgan fingerprint density at radius 3 is 2.47 bits per heavy atom. The standard InChI is InChI=1S/C15H18ClNO2/c1-11-3-8-14(19-11)15(2,18)10-17-9-12-4-6-13(16)7-5-12/h3-8,17-18H,9-10H2,1-2H3. The van der Waals surface area contributed by atoms with Crippen molar-refractivity contribution in [1.82, 2.24) is 5.32 Å². The number of halogens is 1. The molecule has 2 aromatic rings. The first kappa shape index (κ1) is 14.1. The monoisotopic (exact) mass is 279 g/mol. The summed E-state index contributed by atoms with van der Waals surface area (Å²) in [5.74, 6) is 1.38. The minimum atomic E-state index is -1.01. The summed E-state index contributed by atoms with van der Waals surface area (Å²) in [5.41, 5.74) is 0.108. The summed E-state index contributed by atoms with van der Waals surface area (Å²) >= 11 is 5.83. The van der Waals surface area contributed by atoms with E-state index >= 15 is 0 Å². The molecule has 0 amide bonds. The molecule has 0 aliphatic carbocycles. The summed E-state index contributed by atoms with van der Waals surface area (Å²) in [4.78, 5) is 0. The Labute approximate surface area is 118 Å². The molecule has 1 aromatic carbocycles. The second-order valence-electron chi connectivity index (χ2n) is 4.91. The maximum absolute atomic E-state index is 10.3. The number of hydrogen-bond donors (Lipinski definition) is 2. The molecule has 0 spiro atoms. The maximum atomic E-state index is 10.3. The summed E-state index contributed by atoms with van der Waals surface area (Å²) in [6.07, 6.45) is 0. The van der Waals surface area contributed by atoms with Gasteiger partial charge in [0.25, 0.3) is 0 Å². The Bertz CT molecular complexity index is 531. The van der Waals surface area contributed by atoms with E-state index in [-0.39, 0.29) is 0 Å². The predicted molar refractivity (Wildman–Crippen MR) is 76.2 cm³/mol. The Kier molecular flexibility index (Phi) is 4.30. The van der Waals surface area contributed by atoms with Gasteiger partial charge < -0.3 is 14.8 Å². The van der Waals surface area contributed by atoms with Crippen LogP contribution in [0.15, 0.2) is 40.8 Å². The van der Waals surface area contributed by atoms with Crippen LogP contribution in [0.2, 0.25) is 5.02 Å². The molecule has 0 aliphatic rings. The van der Waals surface area contributed by atoms with Gasteiger partial charge in [-0.25, -0.2) is 0 Å². The summed E-state index contributed by atoms with van der Waals surface area (Å²) in [7, 11) is 0. The fraction of sp³-hybridized carbons (Fsp3) is 0.333. The molecule has 0 fully saturated rings. The summed E-state index contributed by atoms with van der Waals surface area (Å²) < 4.78 is 5.46. The van der Waals surface area contributed by atoms with Crippen LogP contribution in [0.25, 0.3) is 0 Å². The molecule has 102 valence electrons. The fourth-order valence-corrected chi connectivity index (χ4v) is 1.99. The SMILES string of the molecule is Cc1ccc(C(C)(O)CNCc2ccc(Cl)cc2)o1. The van der Waals surface area contributed by atoms with Crippen LogP contribution in [0, 0.1) is 6.92 Å². The third-order valence-corrected chi connectivity index (χ3v) is 3.23. The number of rotatable bonds is 5. The minimum absolute atomic E-state index is 0.419. The first-order valence-electron chi connectivity index (χ1n) is 6.22. The first-order chi connectivity index (χ1) is 8.97. The van der Waals surface area contributed by atoms with Gasteiger partial charge >= 0.3 is 0 Å². The van der Waals surface area contributed by atoms with Gasteiger partial charge in [-0.2, -0.15) is 0 Å². The summed E-state index contributed by atoms with van der Waals surface area (Å²) in [5, 5.41) is 14.3. The van der Waals surface area contributed by atoms with Crippen LogP contribution >= 0.6 is 11.6 Å². The van der Waals surface area contributed by atoms with Crippen molar-refractivity contribution in [3.05, 3.63) is 58.5 Å². The highest BCUT2D eigenvalue weighted by Gasteiger charge is 2.26. The highest BCUT2D eigenvalue weighted by Crippen LogP contribution is 2.22. The zero-order valence-electron chi connectivity index (χ0n) is 11.1. The molecule has 2 rings (SSSR count). The lowest BCUT2D eigenvalue weighted by molar-refractivity contribution is 0.0333. The normalized spacial score (nSPS) is 14.3. The van der Waals surface area contributed by atoms with Gasteiger partial charge in [0, 0.05) is 18.1 Å². The van der Waals surface area contributed by atoms with Gasteiger partial charge in [-0.05, 0) is 43.7 Å². The molecule has 19 heavy (non-hydrogen) atoms. The van der Waals surface area contributed by atoms with E-state index in [4.69, 9.17) is 16.0 Å². The van der Waals surface area contributed by atoms with E-state index in [1.807, 2.05) is 37.3 Å². The van der Waals surface area contributed by atoms with Gasteiger partial charge in [-0.3, -0.25) is 0 Å². The molecule has 1 unspecified atom stereocenters. The van der Waals surface area contributed by atoms with Crippen molar-refractivity contribution in [1.29, 1.82) is 0 Å². The van der Waals surface area contributed by atoms with Gasteiger partial charge in [0.2, 0.25) is 0 Å². The Hall–Kier alpha value is -1.29. The van der Waals surface area contributed by atoms with Gasteiger partial charge in [-0.1, -0.05) is 23.7 Å². The zero-order chi connectivity index (χ0) is 13.9. The Morgan fingerprint density at radius 1 is 1.21 bits per heavy atom. The predicted octanol–water partition coefficient (Wildman–Crippen LogP) is 3.24. The third-order valence-electron chi connectivity index (χ3n) is 2.98. The van der Waals surface area contributed by atoms with E-state index in [2.05, 4.69) is 5.32 Å². The molecule has 0 saturated heterocycles. The largest absolute Gasteiger partial charge is 0.463 e. The molecule has 0 aliphatic heterocycles. The quantitative estimate of drug-likeness (QED) is 0.883. The molecule has 0 radical (unpaired) electrons. The third kappa shape index (κ3) is 3.83. The lowest BCUT2D eigenvalue weighted by atomic mass is 10.0. The highest BCUT2D eigenvalue weighted by atomic mass is 35.5. The topological polar surface area (TPSA) is 45.4 Å². The van der Waals surface area contributed by atoms with E-state index in [1.165, 1.54) is 0 Å². The van der Waals surface area contributed by atoms with Crippen molar-refractivity contribution in [2.75, 3.05) is 6.54 Å². The van der Waals surface area contributed by atoms with Gasteiger partial charge in [0.15, 0.2) is 0 Å². The molecular weight excluding hydrogens is 262 g/mol. The second-order valence-corrected chi connectivity index (χ2v) is 5.35. The molecule has 4 heteroatoms. The average Bonchev–Trinajstić information content (AvgIpc) is 2.79. The fourth-order valence-electron chi connectivity index (χ4n) is 1.86. The van der Waals surface area contributed by atoms with E-state index in [1.54, 1.807) is 13.0 Å². The highest BCUT2D eigenvalue weighted by molar-refractivity contribution is 6.30. The van der Waals surface area contributed by atoms with Crippen molar-refractivity contribution in [2.24, 2.45) is 0 Å². The van der Waals surface area contributed by atoms with Gasteiger partial charge in [0.1, 0.15) is 17.1 Å². The van der Waals surface area contributed by atoms with Crippen molar-refractivity contribution in [3.8, 4) is 0 Å². The molecule has 1 atom stereocenters. The lowest BCUT2D eigenvalue weighted by Crippen LogP contribution is -2.34. The van der Waals surface area contributed by atoms with E-state index in [0.717, 1.165) is 16.3 Å². The van der Waals surface area contributed by atoms with Crippen LogP contribution in [-0.2, 0) is 12.1 Å². The molecule has 1 heterocycles. The van der Waals surface area contributed by atoms with E-state index in [0.29, 0.717) is 18.8 Å². The number of furan rings is 1. The smallest absolute Gasteiger partial charge is 0.136 e. The minimum Gasteiger partial charge on any atom is -0.463 e. The van der Waals surface area contributed by atoms with Crippen LogP contribution in [0.3, 0.4) is 0 Å².